The first kappa shape index (κ1) is 16.5. The summed E-state index contributed by atoms with van der Waals surface area (Å²) in [5.41, 5.74) is 0. The molecule has 0 aromatic carbocycles. The maximum atomic E-state index is 3.69. The second kappa shape index (κ2) is 15.5. The van der Waals surface area contributed by atoms with Crippen molar-refractivity contribution in [2.75, 3.05) is 0 Å². The Kier molecular flexibility index (Phi) is 15.0. The molecule has 0 rings (SSSR count). The number of unbranched alkanes of at least 4 members (excludes halogenated alkanes) is 9. The third-order valence-corrected chi connectivity index (χ3v) is 3.03. The first-order valence-electron chi connectivity index (χ1n) is 7.51. The average Bonchev–Trinajstić information content (AvgIpc) is 2.35. The number of hydrogen-bond acceptors (Lipinski definition) is 0. The van der Waals surface area contributed by atoms with Crippen LogP contribution in [0.3, 0.4) is 0 Å². The molecule has 0 aromatic heterocycles. The molecule has 0 nitrogen and oxygen atoms in total. The van der Waals surface area contributed by atoms with Crippen molar-refractivity contribution in [1.29, 1.82) is 0 Å². The molecule has 1 radical (unpaired) electrons. The molecule has 0 atom stereocenters. The summed E-state index contributed by atoms with van der Waals surface area (Å²) in [5.74, 6) is 0. The quantitative estimate of drug-likeness (QED) is 0.277. The Hall–Kier alpha value is -0.520. The van der Waals surface area contributed by atoms with Gasteiger partial charge in [-0.25, -0.2) is 0 Å². The van der Waals surface area contributed by atoms with Crippen molar-refractivity contribution in [3.63, 3.8) is 0 Å². The fourth-order valence-corrected chi connectivity index (χ4v) is 1.93. The van der Waals surface area contributed by atoms with Crippen LogP contribution in [0.5, 0.6) is 0 Å². The van der Waals surface area contributed by atoms with Gasteiger partial charge in [-0.15, -0.1) is 0 Å². The van der Waals surface area contributed by atoms with Gasteiger partial charge in [-0.2, -0.15) is 0 Å². The van der Waals surface area contributed by atoms with Crippen molar-refractivity contribution < 1.29 is 0 Å². The Balaban J connectivity index is 2.98. The van der Waals surface area contributed by atoms with E-state index < -0.39 is 0 Å². The van der Waals surface area contributed by atoms with Gasteiger partial charge in [0.2, 0.25) is 0 Å². The Labute approximate surface area is 109 Å². The van der Waals surface area contributed by atoms with Crippen LogP contribution in [0.15, 0.2) is 24.3 Å². The van der Waals surface area contributed by atoms with Crippen molar-refractivity contribution in [2.45, 2.75) is 77.6 Å². The highest BCUT2D eigenvalue weighted by molar-refractivity contribution is 4.83. The van der Waals surface area contributed by atoms with Crippen LogP contribution >= 0.6 is 0 Å². The molecule has 0 aromatic rings. The molecule has 0 saturated carbocycles. The lowest BCUT2D eigenvalue weighted by Crippen LogP contribution is -1.80. The van der Waals surface area contributed by atoms with Crippen LogP contribution in [-0.2, 0) is 0 Å². The molecule has 0 heteroatoms. The van der Waals surface area contributed by atoms with Gasteiger partial charge in [0.1, 0.15) is 0 Å². The van der Waals surface area contributed by atoms with E-state index in [0.717, 1.165) is 0 Å². The van der Waals surface area contributed by atoms with E-state index in [4.69, 9.17) is 0 Å². The van der Waals surface area contributed by atoms with E-state index in [2.05, 4.69) is 32.1 Å². The van der Waals surface area contributed by atoms with Crippen LogP contribution in [0.25, 0.3) is 0 Å². The molecule has 0 amide bonds. The van der Waals surface area contributed by atoms with Crippen LogP contribution < -0.4 is 0 Å². The molecule has 99 valence electrons. The summed E-state index contributed by atoms with van der Waals surface area (Å²) < 4.78 is 0. The first-order chi connectivity index (χ1) is 8.41. The predicted octanol–water partition coefficient (Wildman–Crippen LogP) is 6.24. The summed E-state index contributed by atoms with van der Waals surface area (Å²) in [4.78, 5) is 0. The predicted molar refractivity (Wildman–Crippen MR) is 80.1 cm³/mol. The zero-order valence-corrected chi connectivity index (χ0v) is 11.8. The molecule has 0 spiro atoms. The van der Waals surface area contributed by atoms with Gasteiger partial charge in [-0.05, 0) is 39.0 Å². The monoisotopic (exact) mass is 235 g/mol. The standard InChI is InChI=1S/C17H31/c1-3-5-7-9-11-13-15-17-16-14-12-10-8-6-4-2/h3,5,8,10H,1,4,6-7,9,11-17H2,2H3/b5-3+,10-8+. The van der Waals surface area contributed by atoms with E-state index in [1.807, 2.05) is 6.08 Å². The Bertz CT molecular complexity index is 176. The number of allylic oxidation sites excluding steroid dienone is 4. The van der Waals surface area contributed by atoms with Gasteiger partial charge in [0.15, 0.2) is 0 Å². The average molecular weight is 235 g/mol. The molecule has 17 heavy (non-hydrogen) atoms. The summed E-state index contributed by atoms with van der Waals surface area (Å²) in [5, 5.41) is 0. The first-order valence-corrected chi connectivity index (χ1v) is 7.51. The minimum Gasteiger partial charge on any atom is -0.0885 e. The van der Waals surface area contributed by atoms with Crippen molar-refractivity contribution >= 4 is 0 Å². The van der Waals surface area contributed by atoms with Gasteiger partial charge in [0.25, 0.3) is 0 Å². The lowest BCUT2D eigenvalue weighted by molar-refractivity contribution is 0.583. The van der Waals surface area contributed by atoms with Crippen LogP contribution in [0.2, 0.25) is 0 Å². The van der Waals surface area contributed by atoms with Crippen LogP contribution in [0.1, 0.15) is 77.6 Å². The summed E-state index contributed by atoms with van der Waals surface area (Å²) >= 11 is 0. The van der Waals surface area contributed by atoms with E-state index in [1.54, 1.807) is 0 Å². The maximum Gasteiger partial charge on any atom is -0.0316 e. The van der Waals surface area contributed by atoms with Gasteiger partial charge < -0.3 is 0 Å². The Morgan fingerprint density at radius 1 is 0.647 bits per heavy atom. The fourth-order valence-electron chi connectivity index (χ4n) is 1.93. The molecule has 0 unspecified atom stereocenters. The van der Waals surface area contributed by atoms with E-state index in [0.29, 0.717) is 0 Å². The smallest absolute Gasteiger partial charge is 0.0316 e. The second-order valence-corrected chi connectivity index (χ2v) is 4.78. The van der Waals surface area contributed by atoms with Crippen LogP contribution in [0, 0.1) is 6.92 Å². The van der Waals surface area contributed by atoms with Gasteiger partial charge >= 0.3 is 0 Å². The topological polar surface area (TPSA) is 0 Å². The zero-order valence-electron chi connectivity index (χ0n) is 11.8. The summed E-state index contributed by atoms with van der Waals surface area (Å²) in [7, 11) is 0. The molecule has 0 aliphatic heterocycles. The maximum absolute atomic E-state index is 3.69. The third-order valence-electron chi connectivity index (χ3n) is 3.03. The Morgan fingerprint density at radius 3 is 1.65 bits per heavy atom. The summed E-state index contributed by atoms with van der Waals surface area (Å²) in [6.07, 6.45) is 23.6. The molecular weight excluding hydrogens is 204 g/mol. The van der Waals surface area contributed by atoms with Crippen molar-refractivity contribution in [3.05, 3.63) is 31.2 Å². The highest BCUT2D eigenvalue weighted by Crippen LogP contribution is 2.10. The third kappa shape index (κ3) is 15.5. The minimum absolute atomic E-state index is 1.21. The van der Waals surface area contributed by atoms with Gasteiger partial charge in [0.05, 0.1) is 0 Å². The van der Waals surface area contributed by atoms with E-state index >= 15 is 0 Å². The van der Waals surface area contributed by atoms with Crippen molar-refractivity contribution in [2.24, 2.45) is 0 Å². The van der Waals surface area contributed by atoms with Gasteiger partial charge in [-0.1, -0.05) is 69.8 Å². The molecule has 0 saturated heterocycles. The molecule has 0 aliphatic carbocycles. The number of rotatable bonds is 12. The number of hydrogen-bond donors (Lipinski definition) is 0. The minimum atomic E-state index is 1.21. The van der Waals surface area contributed by atoms with Gasteiger partial charge in [0, 0.05) is 0 Å². The SMILES string of the molecule is [CH2]/C=C/CCCCCCCCC/C=C/CCC. The molecular formula is C17H31. The highest BCUT2D eigenvalue weighted by atomic mass is 14.0. The van der Waals surface area contributed by atoms with E-state index in [9.17, 15) is 0 Å². The lowest BCUT2D eigenvalue weighted by Gasteiger charge is -2.00. The Morgan fingerprint density at radius 2 is 1.12 bits per heavy atom. The fraction of sp³-hybridized carbons (Fsp3) is 0.706. The van der Waals surface area contributed by atoms with E-state index in [1.165, 1.54) is 70.6 Å². The molecule has 0 aliphatic rings. The van der Waals surface area contributed by atoms with Crippen LogP contribution in [0.4, 0.5) is 0 Å². The largest absolute Gasteiger partial charge is 0.0885 e. The normalized spacial score (nSPS) is 11.9. The van der Waals surface area contributed by atoms with Crippen molar-refractivity contribution in [1.82, 2.24) is 0 Å². The second-order valence-electron chi connectivity index (χ2n) is 4.78. The van der Waals surface area contributed by atoms with Crippen LogP contribution in [-0.4, -0.2) is 0 Å². The summed E-state index contributed by atoms with van der Waals surface area (Å²) in [6.45, 7) is 5.93. The van der Waals surface area contributed by atoms with Crippen molar-refractivity contribution in [3.8, 4) is 0 Å². The highest BCUT2D eigenvalue weighted by Gasteiger charge is 1.90. The van der Waals surface area contributed by atoms with Gasteiger partial charge in [-0.3, -0.25) is 0 Å². The lowest BCUT2D eigenvalue weighted by atomic mass is 10.1. The molecule has 0 fully saturated rings. The molecule has 0 N–H and O–H groups in total. The summed E-state index contributed by atoms with van der Waals surface area (Å²) in [6, 6.07) is 0. The molecule has 0 heterocycles. The zero-order chi connectivity index (χ0) is 12.6. The van der Waals surface area contributed by atoms with E-state index in [-0.39, 0.29) is 0 Å². The molecule has 0 bridgehead atoms.